The van der Waals surface area contributed by atoms with Crippen molar-refractivity contribution in [3.63, 3.8) is 0 Å². The van der Waals surface area contributed by atoms with Gasteiger partial charge in [0, 0.05) is 19.7 Å². The van der Waals surface area contributed by atoms with Crippen molar-refractivity contribution in [1.82, 2.24) is 9.80 Å². The summed E-state index contributed by atoms with van der Waals surface area (Å²) in [5.41, 5.74) is 1.10. The van der Waals surface area contributed by atoms with Gasteiger partial charge in [0.05, 0.1) is 24.1 Å². The molecule has 4 atom stereocenters. The SMILES string of the molecule is CC(C)=C[C@@H]1C[C@@H](C(=O)O)[C@@H]2CN(C[C@@H](O)CCO)C(=N)N12. The van der Waals surface area contributed by atoms with Crippen molar-refractivity contribution in [2.45, 2.75) is 44.9 Å². The van der Waals surface area contributed by atoms with Crippen LogP contribution in [0.1, 0.15) is 26.7 Å². The third-order valence-corrected chi connectivity index (χ3v) is 4.36. The van der Waals surface area contributed by atoms with E-state index in [0.717, 1.165) is 5.57 Å². The monoisotopic (exact) mass is 311 g/mol. The van der Waals surface area contributed by atoms with Crippen LogP contribution in [0.25, 0.3) is 0 Å². The van der Waals surface area contributed by atoms with E-state index in [1.165, 1.54) is 0 Å². The van der Waals surface area contributed by atoms with Crippen LogP contribution in [0.3, 0.4) is 0 Å². The highest BCUT2D eigenvalue weighted by Gasteiger charge is 2.51. The Balaban J connectivity index is 2.16. The van der Waals surface area contributed by atoms with Crippen molar-refractivity contribution < 1.29 is 20.1 Å². The molecule has 7 nitrogen and oxygen atoms in total. The van der Waals surface area contributed by atoms with Gasteiger partial charge in [-0.1, -0.05) is 11.6 Å². The molecule has 0 amide bonds. The van der Waals surface area contributed by atoms with E-state index < -0.39 is 18.0 Å². The number of nitrogens with zero attached hydrogens (tertiary/aromatic N) is 2. The predicted molar refractivity (Wildman–Crippen MR) is 81.6 cm³/mol. The lowest BCUT2D eigenvalue weighted by atomic mass is 9.98. The van der Waals surface area contributed by atoms with Gasteiger partial charge >= 0.3 is 5.97 Å². The van der Waals surface area contributed by atoms with E-state index in [4.69, 9.17) is 10.5 Å². The third kappa shape index (κ3) is 3.25. The third-order valence-electron chi connectivity index (χ3n) is 4.36. The Labute approximate surface area is 130 Å². The number of carboxylic acids is 1. The van der Waals surface area contributed by atoms with Crippen LogP contribution in [0.4, 0.5) is 0 Å². The Morgan fingerprint density at radius 1 is 1.50 bits per heavy atom. The molecule has 7 heteroatoms. The van der Waals surface area contributed by atoms with E-state index in [1.54, 1.807) is 4.90 Å². The van der Waals surface area contributed by atoms with Gasteiger partial charge in [-0.3, -0.25) is 10.2 Å². The normalized spacial score (nSPS) is 28.7. The van der Waals surface area contributed by atoms with Gasteiger partial charge in [-0.2, -0.15) is 0 Å². The molecule has 0 spiro atoms. The molecule has 22 heavy (non-hydrogen) atoms. The van der Waals surface area contributed by atoms with Crippen LogP contribution < -0.4 is 0 Å². The molecule has 0 bridgehead atoms. The second kappa shape index (κ2) is 6.66. The number of carboxylic acid groups (broad SMARTS) is 1. The fourth-order valence-corrected chi connectivity index (χ4v) is 3.43. The molecule has 2 rings (SSSR count). The molecular weight excluding hydrogens is 286 g/mol. The van der Waals surface area contributed by atoms with Gasteiger partial charge in [0.2, 0.25) is 0 Å². The zero-order valence-electron chi connectivity index (χ0n) is 13.1. The molecule has 2 saturated heterocycles. The van der Waals surface area contributed by atoms with Crippen molar-refractivity contribution in [1.29, 1.82) is 5.41 Å². The quantitative estimate of drug-likeness (QED) is 0.518. The summed E-state index contributed by atoms with van der Waals surface area (Å²) in [6.45, 7) is 4.51. The summed E-state index contributed by atoms with van der Waals surface area (Å²) < 4.78 is 0. The number of hydrogen-bond donors (Lipinski definition) is 4. The van der Waals surface area contributed by atoms with E-state index >= 15 is 0 Å². The average molecular weight is 311 g/mol. The maximum atomic E-state index is 11.5. The topological polar surface area (TPSA) is 108 Å². The molecule has 0 saturated carbocycles. The second-order valence-electron chi connectivity index (χ2n) is 6.36. The molecule has 2 fully saturated rings. The molecule has 0 aromatic rings. The first-order valence-corrected chi connectivity index (χ1v) is 7.63. The number of carbonyl (C=O) groups is 1. The fourth-order valence-electron chi connectivity index (χ4n) is 3.43. The van der Waals surface area contributed by atoms with Gasteiger partial charge in [-0.15, -0.1) is 0 Å². The lowest BCUT2D eigenvalue weighted by Gasteiger charge is -2.26. The highest BCUT2D eigenvalue weighted by Crippen LogP contribution is 2.36. The van der Waals surface area contributed by atoms with E-state index in [2.05, 4.69) is 0 Å². The lowest BCUT2D eigenvalue weighted by Crippen LogP contribution is -2.40. The number of rotatable bonds is 6. The number of aliphatic hydroxyl groups excluding tert-OH is 2. The number of fused-ring (bicyclic) bond motifs is 1. The predicted octanol–water partition coefficient (Wildman–Crippen LogP) is 0.0900. The number of allylic oxidation sites excluding steroid dienone is 1. The van der Waals surface area contributed by atoms with Gasteiger partial charge in [0.15, 0.2) is 5.96 Å². The molecule has 124 valence electrons. The minimum Gasteiger partial charge on any atom is -0.481 e. The number of aliphatic hydroxyl groups is 2. The van der Waals surface area contributed by atoms with Crippen LogP contribution in [0.5, 0.6) is 0 Å². The van der Waals surface area contributed by atoms with E-state index in [-0.39, 0.29) is 37.6 Å². The molecule has 0 aliphatic carbocycles. The van der Waals surface area contributed by atoms with Crippen LogP contribution in [-0.2, 0) is 4.79 Å². The molecule has 4 N–H and O–H groups in total. The number of nitrogens with one attached hydrogen (secondary N) is 1. The Hall–Kier alpha value is -1.60. The molecule has 2 aliphatic heterocycles. The summed E-state index contributed by atoms with van der Waals surface area (Å²) in [7, 11) is 0. The Morgan fingerprint density at radius 2 is 2.18 bits per heavy atom. The molecule has 0 unspecified atom stereocenters. The summed E-state index contributed by atoms with van der Waals surface area (Å²) in [5.74, 6) is -1.06. The van der Waals surface area contributed by atoms with Gasteiger partial charge in [0.1, 0.15) is 0 Å². The summed E-state index contributed by atoms with van der Waals surface area (Å²) in [4.78, 5) is 15.1. The Morgan fingerprint density at radius 3 is 2.73 bits per heavy atom. The van der Waals surface area contributed by atoms with Crippen molar-refractivity contribution >= 4 is 11.9 Å². The van der Waals surface area contributed by atoms with Crippen LogP contribution in [0, 0.1) is 11.3 Å². The molecule has 0 radical (unpaired) electrons. The molecule has 2 heterocycles. The number of hydrogen-bond acceptors (Lipinski definition) is 4. The first-order chi connectivity index (χ1) is 10.3. The zero-order valence-corrected chi connectivity index (χ0v) is 13.1. The maximum absolute atomic E-state index is 11.5. The number of β-amino-alcohol motifs (C(OH)–C–C–N with tert-alkyl or cyclic N) is 1. The fraction of sp³-hybridized carbons (Fsp3) is 0.733. The standard InChI is InChI=1S/C15H25N3O4/c1-9(2)5-10-6-12(14(21)22)13-8-17(15(16)18(10)13)7-11(20)3-4-19/h5,10-13,16,19-20H,3-4,6-8H2,1-2H3,(H,21,22)/t10-,11+,12-,13+/m1/s1. The molecule has 2 aliphatic rings. The Kier molecular flexibility index (Phi) is 5.08. The highest BCUT2D eigenvalue weighted by molar-refractivity contribution is 5.83. The molecular formula is C15H25N3O4. The van der Waals surface area contributed by atoms with Crippen molar-refractivity contribution in [3.05, 3.63) is 11.6 Å². The first kappa shape index (κ1) is 16.8. The van der Waals surface area contributed by atoms with Crippen molar-refractivity contribution in [2.24, 2.45) is 5.92 Å². The minimum absolute atomic E-state index is 0.0800. The summed E-state index contributed by atoms with van der Waals surface area (Å²) in [6.07, 6.45) is 2.07. The van der Waals surface area contributed by atoms with E-state index in [0.29, 0.717) is 13.0 Å². The second-order valence-corrected chi connectivity index (χ2v) is 6.36. The van der Waals surface area contributed by atoms with Crippen LogP contribution in [0.2, 0.25) is 0 Å². The first-order valence-electron chi connectivity index (χ1n) is 7.63. The maximum Gasteiger partial charge on any atom is 0.308 e. The lowest BCUT2D eigenvalue weighted by molar-refractivity contribution is -0.142. The minimum atomic E-state index is -0.829. The summed E-state index contributed by atoms with van der Waals surface area (Å²) in [6, 6.07) is -0.310. The molecule has 0 aromatic heterocycles. The largest absolute Gasteiger partial charge is 0.481 e. The van der Waals surface area contributed by atoms with Crippen molar-refractivity contribution in [2.75, 3.05) is 19.7 Å². The number of guanidine groups is 1. The van der Waals surface area contributed by atoms with Gasteiger partial charge in [-0.05, 0) is 26.7 Å². The van der Waals surface area contributed by atoms with Crippen LogP contribution in [0.15, 0.2) is 11.6 Å². The van der Waals surface area contributed by atoms with Crippen molar-refractivity contribution in [3.8, 4) is 0 Å². The highest BCUT2D eigenvalue weighted by atomic mass is 16.4. The smallest absolute Gasteiger partial charge is 0.308 e. The summed E-state index contributed by atoms with van der Waals surface area (Å²) >= 11 is 0. The number of aliphatic carboxylic acids is 1. The van der Waals surface area contributed by atoms with Gasteiger partial charge in [-0.25, -0.2) is 0 Å². The summed E-state index contributed by atoms with van der Waals surface area (Å²) in [5, 5.41) is 36.5. The van der Waals surface area contributed by atoms with Crippen LogP contribution in [-0.4, -0.2) is 74.9 Å². The van der Waals surface area contributed by atoms with Gasteiger partial charge < -0.3 is 25.1 Å². The van der Waals surface area contributed by atoms with Gasteiger partial charge in [0.25, 0.3) is 0 Å². The van der Waals surface area contributed by atoms with E-state index in [1.807, 2.05) is 24.8 Å². The van der Waals surface area contributed by atoms with Crippen LogP contribution >= 0.6 is 0 Å². The molecule has 0 aromatic carbocycles. The zero-order chi connectivity index (χ0) is 16.4. The Bertz CT molecular complexity index is 475. The van der Waals surface area contributed by atoms with E-state index in [9.17, 15) is 15.0 Å². The average Bonchev–Trinajstić information content (AvgIpc) is 2.89.